The number of carbonyl (C=O) groups is 1. The third-order valence-corrected chi connectivity index (χ3v) is 4.56. The summed E-state index contributed by atoms with van der Waals surface area (Å²) in [4.78, 5) is 13.7. The lowest BCUT2D eigenvalue weighted by molar-refractivity contribution is -0.119. The topological polar surface area (TPSA) is 44.4 Å². The minimum atomic E-state index is 0.214. The predicted octanol–water partition coefficient (Wildman–Crippen LogP) is 0.975. The van der Waals surface area contributed by atoms with Crippen LogP contribution in [0.4, 0.5) is 0 Å². The Bertz CT molecular complexity index is 274. The van der Waals surface area contributed by atoms with Gasteiger partial charge in [-0.2, -0.15) is 0 Å². The molecular weight excluding hydrogens is 226 g/mol. The Balaban J connectivity index is 1.65. The molecule has 0 bridgehead atoms. The Morgan fingerprint density at radius 1 is 1.39 bits per heavy atom. The molecule has 0 radical (unpaired) electrons. The van der Waals surface area contributed by atoms with Crippen molar-refractivity contribution in [3.05, 3.63) is 0 Å². The standard InChI is InChI=1S/C14H27N3O/c1-3-17-8-6-12(7-9-17)11(2)15-10-13-4-5-14(18)16-13/h11-13,15H,3-10H2,1-2H3,(H,16,18). The zero-order chi connectivity index (χ0) is 13.0. The quantitative estimate of drug-likeness (QED) is 0.767. The Kier molecular flexibility index (Phi) is 5.01. The number of amides is 1. The van der Waals surface area contributed by atoms with E-state index in [4.69, 9.17) is 0 Å². The molecule has 2 aliphatic heterocycles. The number of piperidine rings is 1. The first kappa shape index (κ1) is 13.8. The second-order valence-corrected chi connectivity index (χ2v) is 5.77. The van der Waals surface area contributed by atoms with E-state index in [1.165, 1.54) is 32.5 Å². The van der Waals surface area contributed by atoms with Crippen molar-refractivity contribution in [2.24, 2.45) is 5.92 Å². The van der Waals surface area contributed by atoms with E-state index in [1.54, 1.807) is 0 Å². The van der Waals surface area contributed by atoms with E-state index in [1.807, 2.05) is 0 Å². The van der Waals surface area contributed by atoms with Crippen LogP contribution in [0.3, 0.4) is 0 Å². The molecule has 2 atom stereocenters. The third-order valence-electron chi connectivity index (χ3n) is 4.56. The van der Waals surface area contributed by atoms with Gasteiger partial charge >= 0.3 is 0 Å². The molecule has 4 heteroatoms. The first-order valence-electron chi connectivity index (χ1n) is 7.44. The summed E-state index contributed by atoms with van der Waals surface area (Å²) in [5.41, 5.74) is 0. The predicted molar refractivity (Wildman–Crippen MR) is 73.5 cm³/mol. The number of nitrogens with zero attached hydrogens (tertiary/aromatic N) is 1. The number of hydrogen-bond donors (Lipinski definition) is 2. The van der Waals surface area contributed by atoms with Crippen molar-refractivity contribution in [3.63, 3.8) is 0 Å². The lowest BCUT2D eigenvalue weighted by Crippen LogP contribution is -2.45. The van der Waals surface area contributed by atoms with E-state index in [9.17, 15) is 4.79 Å². The van der Waals surface area contributed by atoms with Gasteiger partial charge in [0.1, 0.15) is 0 Å². The van der Waals surface area contributed by atoms with Gasteiger partial charge in [0.25, 0.3) is 0 Å². The minimum absolute atomic E-state index is 0.214. The van der Waals surface area contributed by atoms with E-state index >= 15 is 0 Å². The first-order valence-corrected chi connectivity index (χ1v) is 7.44. The fraction of sp³-hybridized carbons (Fsp3) is 0.929. The van der Waals surface area contributed by atoms with Crippen LogP contribution in [0.2, 0.25) is 0 Å². The number of likely N-dealkylation sites (tertiary alicyclic amines) is 1. The smallest absolute Gasteiger partial charge is 0.220 e. The van der Waals surface area contributed by atoms with Crippen LogP contribution in [0, 0.1) is 5.92 Å². The Labute approximate surface area is 110 Å². The van der Waals surface area contributed by atoms with Gasteiger partial charge in [-0.3, -0.25) is 4.79 Å². The summed E-state index contributed by atoms with van der Waals surface area (Å²) in [5, 5.41) is 6.63. The van der Waals surface area contributed by atoms with Crippen molar-refractivity contribution in [2.75, 3.05) is 26.2 Å². The van der Waals surface area contributed by atoms with Gasteiger partial charge in [-0.1, -0.05) is 6.92 Å². The largest absolute Gasteiger partial charge is 0.352 e. The molecule has 0 spiro atoms. The van der Waals surface area contributed by atoms with E-state index in [2.05, 4.69) is 29.4 Å². The summed E-state index contributed by atoms with van der Waals surface area (Å²) < 4.78 is 0. The van der Waals surface area contributed by atoms with Crippen molar-refractivity contribution in [1.29, 1.82) is 0 Å². The minimum Gasteiger partial charge on any atom is -0.352 e. The van der Waals surface area contributed by atoms with Crippen LogP contribution in [0.25, 0.3) is 0 Å². The van der Waals surface area contributed by atoms with Gasteiger partial charge in [0.05, 0.1) is 0 Å². The lowest BCUT2D eigenvalue weighted by atomic mass is 9.90. The van der Waals surface area contributed by atoms with Crippen LogP contribution in [0.5, 0.6) is 0 Å². The van der Waals surface area contributed by atoms with Gasteiger partial charge in [0.2, 0.25) is 5.91 Å². The molecule has 104 valence electrons. The highest BCUT2D eigenvalue weighted by Gasteiger charge is 2.25. The van der Waals surface area contributed by atoms with Crippen molar-refractivity contribution in [2.45, 2.75) is 51.6 Å². The molecule has 0 aliphatic carbocycles. The second-order valence-electron chi connectivity index (χ2n) is 5.77. The molecule has 18 heavy (non-hydrogen) atoms. The summed E-state index contributed by atoms with van der Waals surface area (Å²) >= 11 is 0. The highest BCUT2D eigenvalue weighted by atomic mass is 16.1. The van der Waals surface area contributed by atoms with Gasteiger partial charge in [0.15, 0.2) is 0 Å². The van der Waals surface area contributed by atoms with E-state index in [-0.39, 0.29) is 5.91 Å². The molecular formula is C14H27N3O. The number of hydrogen-bond acceptors (Lipinski definition) is 3. The fourth-order valence-corrected chi connectivity index (χ4v) is 3.09. The summed E-state index contributed by atoms with van der Waals surface area (Å²) in [5.74, 6) is 1.01. The highest BCUT2D eigenvalue weighted by Crippen LogP contribution is 2.20. The molecule has 2 N–H and O–H groups in total. The molecule has 2 heterocycles. The Hall–Kier alpha value is -0.610. The van der Waals surface area contributed by atoms with Crippen LogP contribution < -0.4 is 10.6 Å². The number of nitrogens with one attached hydrogen (secondary N) is 2. The summed E-state index contributed by atoms with van der Waals surface area (Å²) in [6.45, 7) is 9.14. The summed E-state index contributed by atoms with van der Waals surface area (Å²) in [6, 6.07) is 0.928. The van der Waals surface area contributed by atoms with Gasteiger partial charge in [-0.05, 0) is 51.7 Å². The third kappa shape index (κ3) is 3.69. The van der Waals surface area contributed by atoms with Gasteiger partial charge < -0.3 is 15.5 Å². The van der Waals surface area contributed by atoms with Crippen molar-refractivity contribution < 1.29 is 4.79 Å². The average Bonchev–Trinajstić information content (AvgIpc) is 2.82. The molecule has 0 aromatic carbocycles. The SMILES string of the molecule is CCN1CCC(C(C)NCC2CCC(=O)N2)CC1. The zero-order valence-corrected chi connectivity index (χ0v) is 11.7. The highest BCUT2D eigenvalue weighted by molar-refractivity contribution is 5.78. The van der Waals surface area contributed by atoms with Crippen LogP contribution in [-0.2, 0) is 4.79 Å². The van der Waals surface area contributed by atoms with Gasteiger partial charge in [-0.15, -0.1) is 0 Å². The van der Waals surface area contributed by atoms with Crippen LogP contribution >= 0.6 is 0 Å². The Morgan fingerprint density at radius 3 is 2.67 bits per heavy atom. The maximum atomic E-state index is 11.1. The normalized spacial score (nSPS) is 28.3. The number of carbonyl (C=O) groups excluding carboxylic acids is 1. The second kappa shape index (κ2) is 6.53. The van der Waals surface area contributed by atoms with Crippen LogP contribution in [-0.4, -0.2) is 49.1 Å². The molecule has 0 saturated carbocycles. The van der Waals surface area contributed by atoms with E-state index in [0.29, 0.717) is 18.5 Å². The van der Waals surface area contributed by atoms with Crippen molar-refractivity contribution >= 4 is 5.91 Å². The zero-order valence-electron chi connectivity index (χ0n) is 11.7. The molecule has 0 aromatic rings. The molecule has 4 nitrogen and oxygen atoms in total. The summed E-state index contributed by atoms with van der Waals surface area (Å²) in [6.07, 6.45) is 4.31. The molecule has 2 rings (SSSR count). The number of rotatable bonds is 5. The molecule has 0 aromatic heterocycles. The monoisotopic (exact) mass is 253 g/mol. The van der Waals surface area contributed by atoms with E-state index in [0.717, 1.165) is 18.9 Å². The summed E-state index contributed by atoms with van der Waals surface area (Å²) in [7, 11) is 0. The Morgan fingerprint density at radius 2 is 2.11 bits per heavy atom. The van der Waals surface area contributed by atoms with Gasteiger partial charge in [-0.25, -0.2) is 0 Å². The average molecular weight is 253 g/mol. The van der Waals surface area contributed by atoms with Gasteiger partial charge in [0, 0.05) is 25.0 Å². The van der Waals surface area contributed by atoms with Crippen molar-refractivity contribution in [3.8, 4) is 0 Å². The first-order chi connectivity index (χ1) is 8.69. The maximum absolute atomic E-state index is 11.1. The molecule has 2 aliphatic rings. The molecule has 2 saturated heterocycles. The van der Waals surface area contributed by atoms with E-state index < -0.39 is 0 Å². The maximum Gasteiger partial charge on any atom is 0.220 e. The van der Waals surface area contributed by atoms with Crippen LogP contribution in [0.15, 0.2) is 0 Å². The van der Waals surface area contributed by atoms with Crippen molar-refractivity contribution in [1.82, 2.24) is 15.5 Å². The lowest BCUT2D eigenvalue weighted by Gasteiger charge is -2.35. The fourth-order valence-electron chi connectivity index (χ4n) is 3.09. The van der Waals surface area contributed by atoms with Crippen LogP contribution in [0.1, 0.15) is 39.5 Å². The molecule has 2 fully saturated rings. The molecule has 2 unspecified atom stereocenters. The molecule has 1 amide bonds.